The molecule has 0 aromatic heterocycles. The topological polar surface area (TPSA) is 0 Å². The van der Waals surface area contributed by atoms with Crippen LogP contribution in [-0.2, 0) is 24.6 Å². The van der Waals surface area contributed by atoms with Crippen LogP contribution in [0.4, 0.5) is 0 Å². The maximum atomic E-state index is 3.17. The Kier molecular flexibility index (Phi) is 8.10. The van der Waals surface area contributed by atoms with Crippen molar-refractivity contribution >= 4 is 0 Å². The molecule has 0 amide bonds. The van der Waals surface area contributed by atoms with Crippen molar-refractivity contribution in [2.24, 2.45) is 0 Å². The van der Waals surface area contributed by atoms with Crippen LogP contribution in [-0.4, -0.2) is 0 Å². The predicted molar refractivity (Wildman–Crippen MR) is 36.1 cm³/mol. The van der Waals surface area contributed by atoms with Crippen LogP contribution in [0, 0.1) is 18.7 Å². The second-order valence-corrected chi connectivity index (χ2v) is 5.71. The second kappa shape index (κ2) is 8.06. The summed E-state index contributed by atoms with van der Waals surface area (Å²) in [5, 5.41) is 0. The number of hydrogen-bond donors (Lipinski definition) is 0. The van der Waals surface area contributed by atoms with E-state index < -0.39 is 24.6 Å². The molecule has 0 unspecified atom stereocenters. The molecule has 0 saturated heterocycles. The third kappa shape index (κ3) is 8.06. The molecule has 0 aromatic rings. The van der Waals surface area contributed by atoms with Crippen LogP contribution >= 0.6 is 0 Å². The van der Waals surface area contributed by atoms with Gasteiger partial charge in [-0.15, -0.1) is 0 Å². The standard InChI is InChI=1S/2C4H5.Hg/c2*1-3-4-2;/h2*3H2,1H3;. The summed E-state index contributed by atoms with van der Waals surface area (Å²) >= 11 is -0.975. The minimum atomic E-state index is -0.975. The van der Waals surface area contributed by atoms with E-state index in [1.54, 1.807) is 0 Å². The Labute approximate surface area is 69.8 Å². The van der Waals surface area contributed by atoms with Gasteiger partial charge in [0.05, 0.1) is 0 Å². The molecule has 0 aliphatic heterocycles. The van der Waals surface area contributed by atoms with Crippen LogP contribution in [0.25, 0.3) is 0 Å². The van der Waals surface area contributed by atoms with Gasteiger partial charge in [-0.3, -0.25) is 0 Å². The quantitative estimate of drug-likeness (QED) is 0.473. The van der Waals surface area contributed by atoms with Gasteiger partial charge in [-0.25, -0.2) is 0 Å². The Balaban J connectivity index is 3.28. The zero-order chi connectivity index (χ0) is 6.95. The Morgan fingerprint density at radius 1 is 1.00 bits per heavy atom. The molecule has 0 radical (unpaired) electrons. The molecule has 0 aromatic carbocycles. The van der Waals surface area contributed by atoms with Gasteiger partial charge in [0.15, 0.2) is 0 Å². The fourth-order valence-corrected chi connectivity index (χ4v) is 3.68. The summed E-state index contributed by atoms with van der Waals surface area (Å²) in [6.07, 6.45) is 1.99. The van der Waals surface area contributed by atoms with Crippen LogP contribution in [0.5, 0.6) is 0 Å². The van der Waals surface area contributed by atoms with Gasteiger partial charge in [0.1, 0.15) is 0 Å². The molecular formula is C8H10Hg. The third-order valence-electron chi connectivity index (χ3n) is 0.780. The Bertz CT molecular complexity index is 140. The zero-order valence-corrected chi connectivity index (χ0v) is 11.6. The maximum absolute atomic E-state index is 3.17. The first-order valence-corrected chi connectivity index (χ1v) is 8.83. The third-order valence-corrected chi connectivity index (χ3v) is 4.10. The molecule has 0 bridgehead atoms. The van der Waals surface area contributed by atoms with E-state index >= 15 is 0 Å². The fourth-order valence-electron chi connectivity index (χ4n) is 0.419. The Morgan fingerprint density at radius 2 is 1.44 bits per heavy atom. The van der Waals surface area contributed by atoms with E-state index in [0.717, 1.165) is 12.8 Å². The summed E-state index contributed by atoms with van der Waals surface area (Å²) < 4.78 is 6.34. The van der Waals surface area contributed by atoms with Crippen LogP contribution in [0.3, 0.4) is 0 Å². The summed E-state index contributed by atoms with van der Waals surface area (Å²) in [6.45, 7) is 4.15. The molecule has 0 fully saturated rings. The van der Waals surface area contributed by atoms with Crippen LogP contribution in [0.1, 0.15) is 26.7 Å². The number of rotatable bonds is 0. The van der Waals surface area contributed by atoms with Gasteiger partial charge < -0.3 is 0 Å². The van der Waals surface area contributed by atoms with E-state index in [-0.39, 0.29) is 0 Å². The van der Waals surface area contributed by atoms with E-state index in [2.05, 4.69) is 32.5 Å². The zero-order valence-electron chi connectivity index (χ0n) is 6.12. The van der Waals surface area contributed by atoms with Crippen molar-refractivity contribution in [3.8, 4) is 18.7 Å². The van der Waals surface area contributed by atoms with Gasteiger partial charge in [-0.05, 0) is 0 Å². The molecule has 0 spiro atoms. The predicted octanol–water partition coefficient (Wildman–Crippen LogP) is 1.81. The Hall–Kier alpha value is 0.0551. The van der Waals surface area contributed by atoms with Crippen LogP contribution < -0.4 is 0 Å². The molecule has 0 saturated carbocycles. The first kappa shape index (κ1) is 9.06. The van der Waals surface area contributed by atoms with E-state index in [1.807, 2.05) is 0 Å². The van der Waals surface area contributed by atoms with Crippen molar-refractivity contribution in [3.63, 3.8) is 0 Å². The minimum absolute atomic E-state index is 0.975. The molecule has 0 aliphatic rings. The summed E-state index contributed by atoms with van der Waals surface area (Å²) in [7, 11) is 0. The molecule has 44 valence electrons. The second-order valence-electron chi connectivity index (χ2n) is 1.59. The van der Waals surface area contributed by atoms with Gasteiger partial charge in [-0.2, -0.15) is 0 Å². The van der Waals surface area contributed by atoms with Crippen molar-refractivity contribution in [2.45, 2.75) is 26.7 Å². The first-order chi connectivity index (χ1) is 4.41. The average molecular weight is 307 g/mol. The molecular weight excluding hydrogens is 297 g/mol. The van der Waals surface area contributed by atoms with Gasteiger partial charge in [-0.1, -0.05) is 0 Å². The van der Waals surface area contributed by atoms with Gasteiger partial charge in [0, 0.05) is 0 Å². The van der Waals surface area contributed by atoms with E-state index in [4.69, 9.17) is 0 Å². The van der Waals surface area contributed by atoms with Crippen molar-refractivity contribution in [1.29, 1.82) is 0 Å². The summed E-state index contributed by atoms with van der Waals surface area (Å²) in [6, 6.07) is 0. The van der Waals surface area contributed by atoms with Crippen molar-refractivity contribution < 1.29 is 24.6 Å². The molecule has 0 heterocycles. The first-order valence-electron chi connectivity index (χ1n) is 3.33. The van der Waals surface area contributed by atoms with E-state index in [9.17, 15) is 0 Å². The van der Waals surface area contributed by atoms with E-state index in [0.29, 0.717) is 0 Å². The summed E-state index contributed by atoms with van der Waals surface area (Å²) in [5.41, 5.74) is 0. The monoisotopic (exact) mass is 308 g/mol. The molecule has 9 heavy (non-hydrogen) atoms. The van der Waals surface area contributed by atoms with Crippen molar-refractivity contribution in [1.82, 2.24) is 0 Å². The van der Waals surface area contributed by atoms with Gasteiger partial charge >= 0.3 is 70.0 Å². The number of hydrogen-bond acceptors (Lipinski definition) is 0. The van der Waals surface area contributed by atoms with Crippen molar-refractivity contribution in [2.75, 3.05) is 0 Å². The molecule has 0 nitrogen and oxygen atoms in total. The Morgan fingerprint density at radius 3 is 1.78 bits per heavy atom. The average Bonchev–Trinajstić information content (AvgIpc) is 1.89. The summed E-state index contributed by atoms with van der Waals surface area (Å²) in [4.78, 5) is 0. The van der Waals surface area contributed by atoms with Crippen molar-refractivity contribution in [3.05, 3.63) is 0 Å². The molecule has 0 atom stereocenters. The van der Waals surface area contributed by atoms with Gasteiger partial charge in [0.25, 0.3) is 0 Å². The van der Waals surface area contributed by atoms with Crippen LogP contribution in [0.15, 0.2) is 0 Å². The molecule has 1 heteroatoms. The van der Waals surface area contributed by atoms with Gasteiger partial charge in [0.2, 0.25) is 0 Å². The van der Waals surface area contributed by atoms with Crippen LogP contribution in [0.2, 0.25) is 0 Å². The SMILES string of the molecule is CCC#[C][Hg][C]#CCC. The molecule has 0 aliphatic carbocycles. The molecule has 0 rings (SSSR count). The fraction of sp³-hybridized carbons (Fsp3) is 0.500. The summed E-state index contributed by atoms with van der Waals surface area (Å²) in [5.74, 6) is 6.11. The molecule has 0 N–H and O–H groups in total. The van der Waals surface area contributed by atoms with E-state index in [1.165, 1.54) is 0 Å². The normalized spacial score (nSPS) is 5.56.